The molecule has 0 radical (unpaired) electrons. The van der Waals surface area contributed by atoms with Crippen LogP contribution in [-0.4, -0.2) is 19.1 Å². The lowest BCUT2D eigenvalue weighted by Gasteiger charge is -2.13. The summed E-state index contributed by atoms with van der Waals surface area (Å²) in [5, 5.41) is 3.09. The summed E-state index contributed by atoms with van der Waals surface area (Å²) in [5.41, 5.74) is 3.39. The van der Waals surface area contributed by atoms with E-state index in [0.29, 0.717) is 0 Å². The van der Waals surface area contributed by atoms with Gasteiger partial charge >= 0.3 is 5.97 Å². The summed E-state index contributed by atoms with van der Waals surface area (Å²) < 4.78 is 4.64. The Labute approximate surface area is 90.4 Å². The van der Waals surface area contributed by atoms with E-state index < -0.39 is 0 Å². The van der Waals surface area contributed by atoms with E-state index in [1.807, 2.05) is 25.1 Å². The summed E-state index contributed by atoms with van der Waals surface area (Å²) in [6, 6.07) is 5.69. The zero-order valence-corrected chi connectivity index (χ0v) is 9.63. The number of aryl methyl sites for hydroxylation is 2. The van der Waals surface area contributed by atoms with Crippen molar-refractivity contribution in [1.29, 1.82) is 0 Å². The molecular weight excluding hydrogens is 190 g/mol. The molecule has 0 saturated carbocycles. The Bertz CT molecular complexity index is 361. The molecule has 1 aromatic rings. The molecule has 0 fully saturated rings. The Morgan fingerprint density at radius 1 is 1.33 bits per heavy atom. The first kappa shape index (κ1) is 11.6. The molecule has 0 spiro atoms. The van der Waals surface area contributed by atoms with Crippen molar-refractivity contribution in [3.05, 3.63) is 29.3 Å². The van der Waals surface area contributed by atoms with Crippen molar-refractivity contribution in [3.8, 4) is 0 Å². The minimum Gasteiger partial charge on any atom is -0.467 e. The molecule has 0 aliphatic carbocycles. The summed E-state index contributed by atoms with van der Waals surface area (Å²) in [6.45, 7) is 5.88. The first-order chi connectivity index (χ1) is 7.04. The largest absolute Gasteiger partial charge is 0.467 e. The van der Waals surface area contributed by atoms with Gasteiger partial charge in [-0.1, -0.05) is 6.07 Å². The van der Waals surface area contributed by atoms with Gasteiger partial charge in [0.25, 0.3) is 0 Å². The predicted octanol–water partition coefficient (Wildman–Crippen LogP) is 2.28. The second kappa shape index (κ2) is 4.82. The van der Waals surface area contributed by atoms with Crippen molar-refractivity contribution in [2.75, 3.05) is 12.4 Å². The van der Waals surface area contributed by atoms with Crippen LogP contribution in [0, 0.1) is 13.8 Å². The highest BCUT2D eigenvalue weighted by Crippen LogP contribution is 2.15. The van der Waals surface area contributed by atoms with Crippen molar-refractivity contribution >= 4 is 11.7 Å². The van der Waals surface area contributed by atoms with Gasteiger partial charge < -0.3 is 10.1 Å². The smallest absolute Gasteiger partial charge is 0.327 e. The third kappa shape index (κ3) is 2.98. The molecule has 0 aromatic heterocycles. The maximum Gasteiger partial charge on any atom is 0.327 e. The molecule has 3 nitrogen and oxygen atoms in total. The van der Waals surface area contributed by atoms with E-state index in [2.05, 4.69) is 17.0 Å². The highest BCUT2D eigenvalue weighted by molar-refractivity contribution is 5.78. The van der Waals surface area contributed by atoms with Gasteiger partial charge in [0.05, 0.1) is 7.11 Å². The van der Waals surface area contributed by atoms with Gasteiger partial charge in [-0.25, -0.2) is 4.79 Å². The molecule has 0 amide bonds. The second-order valence-corrected chi connectivity index (χ2v) is 3.69. The van der Waals surface area contributed by atoms with Crippen LogP contribution in [0.25, 0.3) is 0 Å². The molecule has 0 heterocycles. The Morgan fingerprint density at radius 3 is 2.53 bits per heavy atom. The number of esters is 1. The van der Waals surface area contributed by atoms with E-state index in [4.69, 9.17) is 0 Å². The van der Waals surface area contributed by atoms with E-state index in [1.165, 1.54) is 18.2 Å². The van der Waals surface area contributed by atoms with E-state index in [-0.39, 0.29) is 12.0 Å². The number of nitrogens with one attached hydrogen (secondary N) is 1. The third-order valence-corrected chi connectivity index (χ3v) is 2.44. The van der Waals surface area contributed by atoms with Crippen molar-refractivity contribution in [3.63, 3.8) is 0 Å². The fourth-order valence-electron chi connectivity index (χ4n) is 1.32. The van der Waals surface area contributed by atoms with Crippen LogP contribution in [0.15, 0.2) is 18.2 Å². The van der Waals surface area contributed by atoms with Gasteiger partial charge in [0.1, 0.15) is 6.04 Å². The lowest BCUT2D eigenvalue weighted by molar-refractivity contribution is -0.141. The van der Waals surface area contributed by atoms with Gasteiger partial charge in [-0.05, 0) is 44.0 Å². The third-order valence-electron chi connectivity index (χ3n) is 2.44. The minimum absolute atomic E-state index is 0.256. The Hall–Kier alpha value is -1.51. The van der Waals surface area contributed by atoms with E-state index in [1.54, 1.807) is 6.92 Å². The molecule has 82 valence electrons. The van der Waals surface area contributed by atoms with Gasteiger partial charge in [0.15, 0.2) is 0 Å². The molecule has 0 unspecified atom stereocenters. The Morgan fingerprint density at radius 2 is 2.00 bits per heavy atom. The fourth-order valence-corrected chi connectivity index (χ4v) is 1.32. The number of rotatable bonds is 3. The van der Waals surface area contributed by atoms with Crippen LogP contribution in [0.3, 0.4) is 0 Å². The van der Waals surface area contributed by atoms with Crippen molar-refractivity contribution in [2.24, 2.45) is 0 Å². The van der Waals surface area contributed by atoms with Crippen LogP contribution >= 0.6 is 0 Å². The van der Waals surface area contributed by atoms with Crippen LogP contribution in [0.4, 0.5) is 5.69 Å². The highest BCUT2D eigenvalue weighted by atomic mass is 16.5. The van der Waals surface area contributed by atoms with Gasteiger partial charge in [-0.2, -0.15) is 0 Å². The van der Waals surface area contributed by atoms with Gasteiger partial charge in [-0.15, -0.1) is 0 Å². The number of methoxy groups -OCH3 is 1. The molecule has 1 N–H and O–H groups in total. The first-order valence-corrected chi connectivity index (χ1v) is 4.96. The monoisotopic (exact) mass is 207 g/mol. The van der Waals surface area contributed by atoms with Crippen LogP contribution in [0.2, 0.25) is 0 Å². The first-order valence-electron chi connectivity index (χ1n) is 4.96. The minimum atomic E-state index is -0.322. The molecule has 3 heteroatoms. The van der Waals surface area contributed by atoms with Crippen LogP contribution in [-0.2, 0) is 9.53 Å². The topological polar surface area (TPSA) is 38.3 Å². The van der Waals surface area contributed by atoms with E-state index in [9.17, 15) is 4.79 Å². The summed E-state index contributed by atoms with van der Waals surface area (Å²) in [4.78, 5) is 11.2. The number of ether oxygens (including phenoxy) is 1. The SMILES string of the molecule is COC(=O)[C@@H](C)Nc1ccc(C)c(C)c1. The number of hydrogen-bond donors (Lipinski definition) is 1. The second-order valence-electron chi connectivity index (χ2n) is 3.69. The molecule has 0 saturated heterocycles. The number of hydrogen-bond acceptors (Lipinski definition) is 3. The van der Waals surface area contributed by atoms with Crippen LogP contribution in [0.5, 0.6) is 0 Å². The van der Waals surface area contributed by atoms with Crippen molar-refractivity contribution in [1.82, 2.24) is 0 Å². The molecule has 0 aliphatic heterocycles. The quantitative estimate of drug-likeness (QED) is 0.773. The summed E-state index contributed by atoms with van der Waals surface area (Å²) in [5.74, 6) is -0.256. The summed E-state index contributed by atoms with van der Waals surface area (Å²) in [7, 11) is 1.39. The lowest BCUT2D eigenvalue weighted by Crippen LogP contribution is -2.27. The van der Waals surface area contributed by atoms with Crippen LogP contribution in [0.1, 0.15) is 18.1 Å². The number of carbonyl (C=O) groups excluding carboxylic acids is 1. The highest BCUT2D eigenvalue weighted by Gasteiger charge is 2.12. The van der Waals surface area contributed by atoms with Gasteiger partial charge in [-0.3, -0.25) is 0 Å². The van der Waals surface area contributed by atoms with Crippen molar-refractivity contribution < 1.29 is 9.53 Å². The normalized spacial score (nSPS) is 12.0. The summed E-state index contributed by atoms with van der Waals surface area (Å²) in [6.07, 6.45) is 0. The molecule has 1 atom stereocenters. The number of anilines is 1. The van der Waals surface area contributed by atoms with E-state index in [0.717, 1.165) is 5.69 Å². The molecule has 0 bridgehead atoms. The zero-order chi connectivity index (χ0) is 11.4. The summed E-state index contributed by atoms with van der Waals surface area (Å²) >= 11 is 0. The van der Waals surface area contributed by atoms with Crippen molar-refractivity contribution in [2.45, 2.75) is 26.8 Å². The average Bonchev–Trinajstić information content (AvgIpc) is 2.22. The number of benzene rings is 1. The standard InChI is InChI=1S/C12H17NO2/c1-8-5-6-11(7-9(8)2)13-10(3)12(14)15-4/h5-7,10,13H,1-4H3/t10-/m1/s1. The lowest BCUT2D eigenvalue weighted by atomic mass is 10.1. The maximum atomic E-state index is 11.2. The number of carbonyl (C=O) groups is 1. The maximum absolute atomic E-state index is 11.2. The average molecular weight is 207 g/mol. The van der Waals surface area contributed by atoms with Gasteiger partial charge in [0, 0.05) is 5.69 Å². The molecule has 1 rings (SSSR count). The molecule has 0 aliphatic rings. The van der Waals surface area contributed by atoms with Crippen LogP contribution < -0.4 is 5.32 Å². The Balaban J connectivity index is 2.73. The van der Waals surface area contributed by atoms with E-state index >= 15 is 0 Å². The Kier molecular flexibility index (Phi) is 3.72. The molecule has 15 heavy (non-hydrogen) atoms. The van der Waals surface area contributed by atoms with Gasteiger partial charge in [0.2, 0.25) is 0 Å². The molecule has 1 aromatic carbocycles. The zero-order valence-electron chi connectivity index (χ0n) is 9.63. The fraction of sp³-hybridized carbons (Fsp3) is 0.417. The predicted molar refractivity (Wildman–Crippen MR) is 61.0 cm³/mol. The molecular formula is C12H17NO2.